The highest BCUT2D eigenvalue weighted by molar-refractivity contribution is 6.30. The smallest absolute Gasteiger partial charge is 0.273 e. The summed E-state index contributed by atoms with van der Waals surface area (Å²) >= 11 is 6.23. The van der Waals surface area contributed by atoms with E-state index in [1.54, 1.807) is 14.2 Å². The third-order valence-corrected chi connectivity index (χ3v) is 7.47. The summed E-state index contributed by atoms with van der Waals surface area (Å²) in [5, 5.41) is 3.77. The van der Waals surface area contributed by atoms with Crippen LogP contribution in [0.5, 0.6) is 11.5 Å². The molecule has 0 bridgehead atoms. The van der Waals surface area contributed by atoms with E-state index in [1.807, 2.05) is 60.7 Å². The summed E-state index contributed by atoms with van der Waals surface area (Å²) in [7, 11) is 3.27. The number of carbonyl (C=O) groups excluding carboxylic acids is 1. The average molecular weight is 526 g/mol. The number of para-hydroxylation sites is 2. The Labute approximate surface area is 226 Å². The van der Waals surface area contributed by atoms with E-state index in [4.69, 9.17) is 21.1 Å². The number of hydrogen-bond donors (Lipinski definition) is 1. The predicted octanol–water partition coefficient (Wildman–Crippen LogP) is 7.33. The second-order valence-electron chi connectivity index (χ2n) is 9.41. The number of imidazole rings is 1. The number of methoxy groups -OCH3 is 2. The second-order valence-corrected chi connectivity index (χ2v) is 9.85. The summed E-state index contributed by atoms with van der Waals surface area (Å²) in [6.07, 6.45) is 5.07. The van der Waals surface area contributed by atoms with Crippen LogP contribution in [0.15, 0.2) is 79.0 Å². The standard InChI is InChI=1S/C31H28ClN3O3/c1-37-23-16-12-20(13-17-23)26-19-35-29(30(36)33-25-8-3-4-9-27(25)38-2)28(21-10-14-22(32)15-11-21)24-7-5-6-18-34(26)31(24)35/h3-4,8-17,19H,5-7,18H2,1-2H3,(H,33,36). The van der Waals surface area contributed by atoms with Gasteiger partial charge < -0.3 is 19.4 Å². The fourth-order valence-corrected chi connectivity index (χ4v) is 5.58. The minimum absolute atomic E-state index is 0.195. The van der Waals surface area contributed by atoms with Crippen molar-refractivity contribution < 1.29 is 14.3 Å². The fourth-order valence-electron chi connectivity index (χ4n) is 5.46. The molecule has 0 spiro atoms. The van der Waals surface area contributed by atoms with Crippen molar-refractivity contribution in [1.82, 2.24) is 8.97 Å². The van der Waals surface area contributed by atoms with E-state index in [0.29, 0.717) is 22.2 Å². The van der Waals surface area contributed by atoms with Gasteiger partial charge in [-0.3, -0.25) is 9.20 Å². The predicted molar refractivity (Wildman–Crippen MR) is 152 cm³/mol. The van der Waals surface area contributed by atoms with Gasteiger partial charge in [0.2, 0.25) is 0 Å². The molecular weight excluding hydrogens is 498 g/mol. The van der Waals surface area contributed by atoms with Gasteiger partial charge >= 0.3 is 0 Å². The lowest BCUT2D eigenvalue weighted by Gasteiger charge is -2.12. The highest BCUT2D eigenvalue weighted by Crippen LogP contribution is 2.40. The summed E-state index contributed by atoms with van der Waals surface area (Å²) in [5.74, 6) is 1.23. The molecule has 0 unspecified atom stereocenters. The Bertz CT molecular complexity index is 1630. The highest BCUT2D eigenvalue weighted by atomic mass is 35.5. The Morgan fingerprint density at radius 1 is 0.895 bits per heavy atom. The third kappa shape index (κ3) is 4.11. The lowest BCUT2D eigenvalue weighted by Crippen LogP contribution is -2.16. The van der Waals surface area contributed by atoms with Gasteiger partial charge in [-0.15, -0.1) is 0 Å². The summed E-state index contributed by atoms with van der Waals surface area (Å²) in [4.78, 5) is 14.1. The van der Waals surface area contributed by atoms with Gasteiger partial charge in [0.25, 0.3) is 5.91 Å². The van der Waals surface area contributed by atoms with Gasteiger partial charge in [0.15, 0.2) is 0 Å². The molecule has 1 aliphatic rings. The van der Waals surface area contributed by atoms with E-state index in [2.05, 4.69) is 32.6 Å². The van der Waals surface area contributed by atoms with Crippen LogP contribution in [0.4, 0.5) is 5.69 Å². The minimum Gasteiger partial charge on any atom is -0.497 e. The third-order valence-electron chi connectivity index (χ3n) is 7.22. The number of rotatable bonds is 6. The van der Waals surface area contributed by atoms with E-state index in [-0.39, 0.29) is 5.91 Å². The van der Waals surface area contributed by atoms with Gasteiger partial charge in [-0.05, 0) is 78.9 Å². The molecule has 0 saturated carbocycles. The number of hydrogen-bond acceptors (Lipinski definition) is 3. The summed E-state index contributed by atoms with van der Waals surface area (Å²) < 4.78 is 15.3. The molecule has 3 aromatic carbocycles. The number of aryl methyl sites for hydroxylation is 2. The summed E-state index contributed by atoms with van der Waals surface area (Å²) in [6, 6.07) is 23.3. The highest BCUT2D eigenvalue weighted by Gasteiger charge is 2.30. The van der Waals surface area contributed by atoms with Crippen LogP contribution in [0, 0.1) is 0 Å². The summed E-state index contributed by atoms with van der Waals surface area (Å²) in [6.45, 7) is 0.877. The van der Waals surface area contributed by atoms with Crippen LogP contribution in [-0.4, -0.2) is 29.1 Å². The molecule has 6 nitrogen and oxygen atoms in total. The van der Waals surface area contributed by atoms with Gasteiger partial charge in [0.1, 0.15) is 22.8 Å². The maximum Gasteiger partial charge on any atom is 0.273 e. The van der Waals surface area contributed by atoms with Crippen molar-refractivity contribution in [3.8, 4) is 33.9 Å². The molecule has 192 valence electrons. The molecule has 7 heteroatoms. The molecule has 38 heavy (non-hydrogen) atoms. The fraction of sp³-hybridized carbons (Fsp3) is 0.194. The molecule has 0 aliphatic carbocycles. The number of halogens is 1. The van der Waals surface area contributed by atoms with Crippen LogP contribution < -0.4 is 14.8 Å². The van der Waals surface area contributed by atoms with Crippen LogP contribution in [0.3, 0.4) is 0 Å². The van der Waals surface area contributed by atoms with Crippen LogP contribution in [0.2, 0.25) is 5.02 Å². The van der Waals surface area contributed by atoms with Crippen LogP contribution in [-0.2, 0) is 13.0 Å². The Balaban J connectivity index is 1.59. The lowest BCUT2D eigenvalue weighted by molar-refractivity contribution is 0.102. The molecule has 0 saturated heterocycles. The maximum absolute atomic E-state index is 14.1. The zero-order chi connectivity index (χ0) is 26.2. The molecular formula is C31H28ClN3O3. The van der Waals surface area contributed by atoms with Crippen molar-refractivity contribution in [2.45, 2.75) is 25.8 Å². The van der Waals surface area contributed by atoms with Gasteiger partial charge in [0, 0.05) is 28.9 Å². The summed E-state index contributed by atoms with van der Waals surface area (Å²) in [5.41, 5.74) is 7.52. The van der Waals surface area contributed by atoms with E-state index in [1.165, 1.54) is 5.56 Å². The first-order valence-electron chi connectivity index (χ1n) is 12.7. The van der Waals surface area contributed by atoms with Gasteiger partial charge in [-0.1, -0.05) is 35.9 Å². The first-order valence-corrected chi connectivity index (χ1v) is 13.1. The Morgan fingerprint density at radius 3 is 2.37 bits per heavy atom. The SMILES string of the molecule is COc1ccc(-c2cn3c(C(=O)Nc4ccccc4OC)c(-c4ccc(Cl)cc4)c4c3n2CCCC4)cc1. The second kappa shape index (κ2) is 9.95. The van der Waals surface area contributed by atoms with E-state index < -0.39 is 0 Å². The van der Waals surface area contributed by atoms with Crippen LogP contribution in [0.1, 0.15) is 28.9 Å². The molecule has 2 aromatic heterocycles. The quantitative estimate of drug-likeness (QED) is 0.252. The van der Waals surface area contributed by atoms with E-state index in [9.17, 15) is 4.79 Å². The van der Waals surface area contributed by atoms with Gasteiger partial charge in [-0.25, -0.2) is 0 Å². The van der Waals surface area contributed by atoms with Crippen molar-refractivity contribution in [2.75, 3.05) is 19.5 Å². The number of nitrogens with one attached hydrogen (secondary N) is 1. The zero-order valence-electron chi connectivity index (χ0n) is 21.3. The molecule has 1 amide bonds. The monoisotopic (exact) mass is 525 g/mol. The molecule has 0 atom stereocenters. The first-order chi connectivity index (χ1) is 18.6. The Morgan fingerprint density at radius 2 is 1.63 bits per heavy atom. The number of aromatic nitrogens is 2. The van der Waals surface area contributed by atoms with E-state index >= 15 is 0 Å². The van der Waals surface area contributed by atoms with Crippen molar-refractivity contribution in [2.24, 2.45) is 0 Å². The molecule has 0 fully saturated rings. The Kier molecular flexibility index (Phi) is 6.34. The van der Waals surface area contributed by atoms with Crippen molar-refractivity contribution in [3.05, 3.63) is 95.3 Å². The average Bonchev–Trinajstić information content (AvgIpc) is 3.36. The largest absolute Gasteiger partial charge is 0.497 e. The zero-order valence-corrected chi connectivity index (χ0v) is 22.1. The number of ether oxygens (including phenoxy) is 2. The first kappa shape index (κ1) is 24.2. The lowest BCUT2D eigenvalue weighted by atomic mass is 9.97. The molecule has 6 rings (SSSR count). The van der Waals surface area contributed by atoms with Crippen molar-refractivity contribution in [3.63, 3.8) is 0 Å². The van der Waals surface area contributed by atoms with Crippen molar-refractivity contribution in [1.29, 1.82) is 0 Å². The number of benzene rings is 3. The normalized spacial score (nSPS) is 12.8. The number of carbonyl (C=O) groups is 1. The Hall–Kier alpha value is -4.16. The molecule has 1 aliphatic heterocycles. The minimum atomic E-state index is -0.195. The number of anilines is 1. The molecule has 0 radical (unpaired) electrons. The van der Waals surface area contributed by atoms with Crippen LogP contribution in [0.25, 0.3) is 28.0 Å². The number of nitrogens with zero attached hydrogens (tertiary/aromatic N) is 2. The molecule has 5 aromatic rings. The van der Waals surface area contributed by atoms with Gasteiger partial charge in [0.05, 0.1) is 25.6 Å². The topological polar surface area (TPSA) is 56.9 Å². The van der Waals surface area contributed by atoms with Crippen molar-refractivity contribution >= 4 is 28.8 Å². The maximum atomic E-state index is 14.1. The molecule has 1 N–H and O–H groups in total. The van der Waals surface area contributed by atoms with Gasteiger partial charge in [-0.2, -0.15) is 0 Å². The van der Waals surface area contributed by atoms with E-state index in [0.717, 1.165) is 59.6 Å². The number of amides is 1. The van der Waals surface area contributed by atoms with Crippen LogP contribution >= 0.6 is 11.6 Å². The molecule has 3 heterocycles.